The summed E-state index contributed by atoms with van der Waals surface area (Å²) in [5.74, 6) is -0.0293. The number of amides is 1. The molecule has 0 aromatic heterocycles. The van der Waals surface area contributed by atoms with Gasteiger partial charge in [0.25, 0.3) is 0 Å². The highest BCUT2D eigenvalue weighted by Crippen LogP contribution is 2.41. The normalized spacial score (nSPS) is 32.4. The van der Waals surface area contributed by atoms with Gasteiger partial charge in [-0.1, -0.05) is 12.8 Å². The van der Waals surface area contributed by atoms with E-state index in [9.17, 15) is 18.7 Å². The molecular formula is C22H32F2N4O4. The van der Waals surface area contributed by atoms with Gasteiger partial charge < -0.3 is 30.5 Å². The maximum absolute atomic E-state index is 13.3. The number of nitrogens with two attached hydrogens (primary N) is 1. The van der Waals surface area contributed by atoms with E-state index in [1.807, 2.05) is 4.90 Å². The second-order valence-corrected chi connectivity index (χ2v) is 9.73. The zero-order valence-electron chi connectivity index (χ0n) is 18.2. The fourth-order valence-electron chi connectivity index (χ4n) is 5.38. The Morgan fingerprint density at radius 1 is 1.16 bits per heavy atom. The SMILES string of the molecule is NC1(NC(=O)[C@H]2CCCC[C@H]2C(O)N2CCN(C3=CC4=C(CC3)OC(F)(F)O4)CC2)CC1. The van der Waals surface area contributed by atoms with Crippen molar-refractivity contribution in [2.45, 2.75) is 69.6 Å². The number of hydrogen-bond donors (Lipinski definition) is 3. The maximum Gasteiger partial charge on any atom is 0.585 e. The molecule has 1 unspecified atom stereocenters. The quantitative estimate of drug-likeness (QED) is 0.545. The maximum atomic E-state index is 13.3. The van der Waals surface area contributed by atoms with Crippen molar-refractivity contribution in [3.05, 3.63) is 23.3 Å². The van der Waals surface area contributed by atoms with E-state index in [1.165, 1.54) is 0 Å². The van der Waals surface area contributed by atoms with Gasteiger partial charge >= 0.3 is 6.29 Å². The van der Waals surface area contributed by atoms with Crippen LogP contribution < -0.4 is 11.1 Å². The first kappa shape index (κ1) is 21.9. The average molecular weight is 455 g/mol. The van der Waals surface area contributed by atoms with Crippen LogP contribution in [0.3, 0.4) is 0 Å². The average Bonchev–Trinajstić information content (AvgIpc) is 3.41. The topological polar surface area (TPSA) is 100 Å². The Balaban J connectivity index is 1.18. The van der Waals surface area contributed by atoms with Crippen LogP contribution in [0.25, 0.3) is 0 Å². The molecule has 0 bridgehead atoms. The minimum Gasteiger partial charge on any atom is -0.400 e. The minimum absolute atomic E-state index is 0.0283. The molecule has 10 heteroatoms. The Bertz CT molecular complexity index is 821. The summed E-state index contributed by atoms with van der Waals surface area (Å²) < 4.78 is 35.8. The molecule has 0 aromatic carbocycles. The zero-order chi connectivity index (χ0) is 22.5. The number of nitrogens with one attached hydrogen (secondary N) is 1. The van der Waals surface area contributed by atoms with Crippen LogP contribution >= 0.6 is 0 Å². The first-order valence-corrected chi connectivity index (χ1v) is 11.7. The Labute approximate surface area is 186 Å². The summed E-state index contributed by atoms with van der Waals surface area (Å²) in [4.78, 5) is 17.0. The van der Waals surface area contributed by atoms with Gasteiger partial charge in [0.05, 0.1) is 5.66 Å². The molecule has 5 aliphatic rings. The highest BCUT2D eigenvalue weighted by atomic mass is 19.3. The fraction of sp³-hybridized carbons (Fsp3) is 0.773. The van der Waals surface area contributed by atoms with Crippen LogP contribution in [0.4, 0.5) is 8.78 Å². The summed E-state index contributed by atoms with van der Waals surface area (Å²) in [5.41, 5.74) is 6.48. The predicted octanol–water partition coefficient (Wildman–Crippen LogP) is 1.78. The third-order valence-electron chi connectivity index (χ3n) is 7.45. The van der Waals surface area contributed by atoms with Crippen molar-refractivity contribution in [3.8, 4) is 0 Å². The van der Waals surface area contributed by atoms with E-state index in [2.05, 4.69) is 19.7 Å². The first-order chi connectivity index (χ1) is 15.2. The molecule has 32 heavy (non-hydrogen) atoms. The highest BCUT2D eigenvalue weighted by Gasteiger charge is 2.46. The van der Waals surface area contributed by atoms with Gasteiger partial charge in [-0.2, -0.15) is 0 Å². The molecule has 1 amide bonds. The summed E-state index contributed by atoms with van der Waals surface area (Å²) in [5, 5.41) is 14.1. The number of hydrogen-bond acceptors (Lipinski definition) is 7. The van der Waals surface area contributed by atoms with Gasteiger partial charge in [0.15, 0.2) is 5.76 Å². The van der Waals surface area contributed by atoms with Gasteiger partial charge in [-0.3, -0.25) is 9.69 Å². The van der Waals surface area contributed by atoms with Crippen molar-refractivity contribution in [3.63, 3.8) is 0 Å². The lowest BCUT2D eigenvalue weighted by atomic mass is 9.77. The van der Waals surface area contributed by atoms with E-state index in [4.69, 9.17) is 5.73 Å². The first-order valence-electron chi connectivity index (χ1n) is 11.7. The molecule has 2 saturated carbocycles. The standard InChI is InChI=1S/C22H32F2N4O4/c23-22(24)31-17-6-5-14(13-18(17)32-22)27-9-11-28(12-10-27)20(30)16-4-2-1-3-15(16)19(29)26-21(25)7-8-21/h13,15-16,20,30H,1-12,25H2,(H,26,29)/t15-,16+,20?/m0/s1. The third-order valence-corrected chi connectivity index (χ3v) is 7.45. The summed E-state index contributed by atoms with van der Waals surface area (Å²) >= 11 is 0. The molecule has 3 fully saturated rings. The van der Waals surface area contributed by atoms with Gasteiger partial charge in [-0.15, -0.1) is 8.78 Å². The Kier molecular flexibility index (Phi) is 5.58. The summed E-state index contributed by atoms with van der Waals surface area (Å²) in [7, 11) is 0. The molecule has 4 N–H and O–H groups in total. The number of carbonyl (C=O) groups is 1. The molecule has 2 aliphatic heterocycles. The number of allylic oxidation sites excluding steroid dienone is 3. The Morgan fingerprint density at radius 2 is 1.88 bits per heavy atom. The molecule has 3 aliphatic carbocycles. The number of nitrogens with zero attached hydrogens (tertiary/aromatic N) is 2. The van der Waals surface area contributed by atoms with Gasteiger partial charge in [0.2, 0.25) is 5.91 Å². The second kappa shape index (κ2) is 8.14. The number of ether oxygens (including phenoxy) is 2. The molecular weight excluding hydrogens is 422 g/mol. The monoisotopic (exact) mass is 454 g/mol. The van der Waals surface area contributed by atoms with Crippen LogP contribution in [0, 0.1) is 11.8 Å². The van der Waals surface area contributed by atoms with Crippen molar-refractivity contribution < 1.29 is 28.2 Å². The number of aliphatic hydroxyl groups is 1. The lowest BCUT2D eigenvalue weighted by Crippen LogP contribution is -2.56. The summed E-state index contributed by atoms with van der Waals surface area (Å²) in [6.45, 7) is 2.64. The smallest absolute Gasteiger partial charge is 0.400 e. The van der Waals surface area contributed by atoms with Crippen LogP contribution in [-0.4, -0.2) is 65.2 Å². The van der Waals surface area contributed by atoms with E-state index < -0.39 is 18.2 Å². The van der Waals surface area contributed by atoms with Crippen LogP contribution in [0.5, 0.6) is 0 Å². The van der Waals surface area contributed by atoms with E-state index in [0.29, 0.717) is 39.0 Å². The third kappa shape index (κ3) is 4.45. The number of aliphatic hydroxyl groups excluding tert-OH is 1. The molecule has 178 valence electrons. The van der Waals surface area contributed by atoms with Crippen LogP contribution in [0.1, 0.15) is 51.4 Å². The van der Waals surface area contributed by atoms with Crippen LogP contribution in [0.15, 0.2) is 23.3 Å². The predicted molar refractivity (Wildman–Crippen MR) is 110 cm³/mol. The van der Waals surface area contributed by atoms with Gasteiger partial charge in [0, 0.05) is 56.2 Å². The molecule has 0 spiro atoms. The molecule has 8 nitrogen and oxygen atoms in total. The molecule has 1 saturated heterocycles. The Morgan fingerprint density at radius 3 is 2.59 bits per heavy atom. The van der Waals surface area contributed by atoms with Crippen molar-refractivity contribution >= 4 is 5.91 Å². The number of halogens is 2. The molecule has 0 radical (unpaired) electrons. The van der Waals surface area contributed by atoms with Gasteiger partial charge in [-0.25, -0.2) is 0 Å². The molecule has 0 aromatic rings. The van der Waals surface area contributed by atoms with E-state index in [0.717, 1.165) is 44.2 Å². The highest BCUT2D eigenvalue weighted by molar-refractivity contribution is 5.80. The molecule has 5 rings (SSSR count). The number of alkyl halides is 2. The van der Waals surface area contributed by atoms with Gasteiger partial charge in [0.1, 0.15) is 12.0 Å². The molecule has 2 heterocycles. The lowest BCUT2D eigenvalue weighted by Gasteiger charge is -2.44. The fourth-order valence-corrected chi connectivity index (χ4v) is 5.38. The van der Waals surface area contributed by atoms with Crippen molar-refractivity contribution in [2.75, 3.05) is 26.2 Å². The van der Waals surface area contributed by atoms with E-state index >= 15 is 0 Å². The Hall–Kier alpha value is -1.91. The largest absolute Gasteiger partial charge is 0.585 e. The van der Waals surface area contributed by atoms with Crippen LogP contribution in [-0.2, 0) is 14.3 Å². The minimum atomic E-state index is -3.58. The second-order valence-electron chi connectivity index (χ2n) is 9.73. The lowest BCUT2D eigenvalue weighted by molar-refractivity contribution is -0.336. The van der Waals surface area contributed by atoms with Gasteiger partial charge in [-0.05, 0) is 32.1 Å². The van der Waals surface area contributed by atoms with Crippen molar-refractivity contribution in [1.82, 2.24) is 15.1 Å². The van der Waals surface area contributed by atoms with Crippen LogP contribution in [0.2, 0.25) is 0 Å². The van der Waals surface area contributed by atoms with Crippen molar-refractivity contribution in [2.24, 2.45) is 17.6 Å². The summed E-state index contributed by atoms with van der Waals surface area (Å²) in [6, 6.07) is 0. The van der Waals surface area contributed by atoms with Crippen molar-refractivity contribution in [1.29, 1.82) is 0 Å². The van der Waals surface area contributed by atoms with E-state index in [-0.39, 0.29) is 29.3 Å². The number of rotatable bonds is 5. The number of piperazine rings is 1. The van der Waals surface area contributed by atoms with E-state index in [1.54, 1.807) is 6.08 Å². The molecule has 3 atom stereocenters. The number of carbonyl (C=O) groups excluding carboxylic acids is 1. The zero-order valence-corrected chi connectivity index (χ0v) is 18.2. The summed E-state index contributed by atoms with van der Waals surface area (Å²) in [6.07, 6.45) is 3.62.